The molecule has 2 N–H and O–H groups in total. The molecule has 2 rings (SSSR count). The first-order chi connectivity index (χ1) is 9.35. The number of aliphatic hydroxyl groups is 1. The van der Waals surface area contributed by atoms with Crippen LogP contribution in [0.5, 0.6) is 0 Å². The first-order valence-electron chi connectivity index (χ1n) is 5.52. The average molecular weight is 352 g/mol. The van der Waals surface area contributed by atoms with Crippen molar-refractivity contribution in [1.82, 2.24) is 0 Å². The second kappa shape index (κ2) is 5.91. The highest BCUT2D eigenvalue weighted by molar-refractivity contribution is 7.94. The minimum Gasteiger partial charge on any atom is -0.391 e. The lowest BCUT2D eigenvalue weighted by atomic mass is 10.3. The number of rotatable bonds is 4. The van der Waals surface area contributed by atoms with Crippen molar-refractivity contribution in [3.05, 3.63) is 44.8 Å². The van der Waals surface area contributed by atoms with Crippen LogP contribution >= 0.6 is 34.5 Å². The zero-order valence-corrected chi connectivity index (χ0v) is 13.5. The molecule has 0 aliphatic heterocycles. The van der Waals surface area contributed by atoms with Crippen LogP contribution in [0.25, 0.3) is 0 Å². The van der Waals surface area contributed by atoms with Gasteiger partial charge >= 0.3 is 0 Å². The van der Waals surface area contributed by atoms with E-state index in [-0.39, 0.29) is 26.5 Å². The fraction of sp³-hybridized carbons (Fsp3) is 0.167. The molecule has 0 spiro atoms. The number of thiophene rings is 1. The van der Waals surface area contributed by atoms with Gasteiger partial charge in [0.15, 0.2) is 0 Å². The van der Waals surface area contributed by atoms with Gasteiger partial charge in [0.05, 0.1) is 22.3 Å². The first kappa shape index (κ1) is 15.6. The molecule has 0 atom stereocenters. The van der Waals surface area contributed by atoms with E-state index in [0.29, 0.717) is 4.88 Å². The maximum absolute atomic E-state index is 12.3. The fourth-order valence-electron chi connectivity index (χ4n) is 1.56. The largest absolute Gasteiger partial charge is 0.391 e. The van der Waals surface area contributed by atoms with Crippen molar-refractivity contribution in [3.63, 3.8) is 0 Å². The third-order valence-corrected chi connectivity index (χ3v) is 6.28. The molecule has 2 aromatic rings. The van der Waals surface area contributed by atoms with E-state index in [9.17, 15) is 8.42 Å². The Morgan fingerprint density at radius 1 is 1.30 bits per heavy atom. The Hall–Kier alpha value is -0.790. The van der Waals surface area contributed by atoms with Crippen molar-refractivity contribution in [3.8, 4) is 0 Å². The summed E-state index contributed by atoms with van der Waals surface area (Å²) in [5.41, 5.74) is 0.871. The van der Waals surface area contributed by atoms with Gasteiger partial charge in [0, 0.05) is 4.88 Å². The number of halogens is 2. The van der Waals surface area contributed by atoms with Gasteiger partial charge in [-0.3, -0.25) is 4.72 Å². The second-order valence-electron chi connectivity index (χ2n) is 4.03. The van der Waals surface area contributed by atoms with Crippen LogP contribution in [0.4, 0.5) is 5.69 Å². The molecule has 8 heteroatoms. The van der Waals surface area contributed by atoms with Gasteiger partial charge in [0.25, 0.3) is 10.0 Å². The second-order valence-corrected chi connectivity index (χ2v) is 7.89. The summed E-state index contributed by atoms with van der Waals surface area (Å²) >= 11 is 12.9. The van der Waals surface area contributed by atoms with E-state index in [1.54, 1.807) is 25.1 Å². The Morgan fingerprint density at radius 2 is 1.90 bits per heavy atom. The highest BCUT2D eigenvalue weighted by Gasteiger charge is 2.21. The Bertz CT molecular complexity index is 721. The third kappa shape index (κ3) is 3.10. The number of sulfonamides is 1. The number of anilines is 1. The molecule has 0 unspecified atom stereocenters. The highest BCUT2D eigenvalue weighted by atomic mass is 35.5. The summed E-state index contributed by atoms with van der Waals surface area (Å²) in [4.78, 5) is 0.607. The predicted octanol–water partition coefficient (Wildman–Crippen LogP) is 3.66. The van der Waals surface area contributed by atoms with Gasteiger partial charge in [-0.1, -0.05) is 29.3 Å². The van der Waals surface area contributed by atoms with Crippen LogP contribution in [0.15, 0.2) is 28.5 Å². The average Bonchev–Trinajstić information content (AvgIpc) is 2.76. The van der Waals surface area contributed by atoms with Crippen molar-refractivity contribution in [1.29, 1.82) is 0 Å². The van der Waals surface area contributed by atoms with Gasteiger partial charge in [0.1, 0.15) is 4.21 Å². The minimum absolute atomic E-state index is 0.107. The van der Waals surface area contributed by atoms with Crippen LogP contribution in [0.3, 0.4) is 0 Å². The molecule has 1 aromatic heterocycles. The van der Waals surface area contributed by atoms with Crippen molar-refractivity contribution in [2.75, 3.05) is 4.72 Å². The Balaban J connectivity index is 2.41. The molecular formula is C12H11Cl2NO3S2. The van der Waals surface area contributed by atoms with Crippen LogP contribution < -0.4 is 4.72 Å². The minimum atomic E-state index is -3.78. The van der Waals surface area contributed by atoms with E-state index in [2.05, 4.69) is 4.72 Å². The monoisotopic (exact) mass is 351 g/mol. The predicted molar refractivity (Wildman–Crippen MR) is 82.2 cm³/mol. The lowest BCUT2D eigenvalue weighted by molar-refractivity contribution is 0.285. The smallest absolute Gasteiger partial charge is 0.271 e. The maximum atomic E-state index is 12.3. The zero-order chi connectivity index (χ0) is 14.9. The number of para-hydroxylation sites is 1. The van der Waals surface area contributed by atoms with E-state index in [0.717, 1.165) is 16.9 Å². The summed E-state index contributed by atoms with van der Waals surface area (Å²) in [6, 6.07) is 6.22. The summed E-state index contributed by atoms with van der Waals surface area (Å²) in [6.45, 7) is 1.54. The van der Waals surface area contributed by atoms with Crippen molar-refractivity contribution in [2.24, 2.45) is 0 Å². The van der Waals surface area contributed by atoms with Gasteiger partial charge in [-0.15, -0.1) is 11.3 Å². The van der Waals surface area contributed by atoms with E-state index in [1.807, 2.05) is 0 Å². The molecule has 0 bridgehead atoms. The van der Waals surface area contributed by atoms with Crippen molar-refractivity contribution < 1.29 is 13.5 Å². The van der Waals surface area contributed by atoms with E-state index >= 15 is 0 Å². The van der Waals surface area contributed by atoms with Crippen LogP contribution in [-0.4, -0.2) is 13.5 Å². The molecule has 0 aliphatic rings. The van der Waals surface area contributed by atoms with E-state index in [4.69, 9.17) is 28.3 Å². The molecule has 1 aromatic carbocycles. The van der Waals surface area contributed by atoms with Gasteiger partial charge < -0.3 is 5.11 Å². The zero-order valence-electron chi connectivity index (χ0n) is 10.4. The summed E-state index contributed by atoms with van der Waals surface area (Å²) in [7, 11) is -3.78. The number of hydrogen-bond donors (Lipinski definition) is 2. The Morgan fingerprint density at radius 3 is 2.40 bits per heavy atom. The van der Waals surface area contributed by atoms with Crippen LogP contribution in [0, 0.1) is 6.92 Å². The summed E-state index contributed by atoms with van der Waals surface area (Å²) in [5, 5.41) is 9.57. The summed E-state index contributed by atoms with van der Waals surface area (Å²) < 4.78 is 27.1. The van der Waals surface area contributed by atoms with Gasteiger partial charge in [0.2, 0.25) is 0 Å². The van der Waals surface area contributed by atoms with Crippen molar-refractivity contribution in [2.45, 2.75) is 17.7 Å². The van der Waals surface area contributed by atoms with Crippen LogP contribution in [0.2, 0.25) is 10.0 Å². The highest BCUT2D eigenvalue weighted by Crippen LogP contribution is 2.33. The number of nitrogens with one attached hydrogen (secondary N) is 1. The van der Waals surface area contributed by atoms with E-state index < -0.39 is 10.0 Å². The topological polar surface area (TPSA) is 66.4 Å². The summed E-state index contributed by atoms with van der Waals surface area (Å²) in [5.74, 6) is 0. The van der Waals surface area contributed by atoms with Gasteiger partial charge in [-0.25, -0.2) is 8.42 Å². The molecular weight excluding hydrogens is 341 g/mol. The first-order valence-corrected chi connectivity index (χ1v) is 8.57. The number of aryl methyl sites for hydroxylation is 1. The number of aliphatic hydroxyl groups excluding tert-OH is 1. The molecule has 4 nitrogen and oxygen atoms in total. The molecule has 20 heavy (non-hydrogen) atoms. The lowest BCUT2D eigenvalue weighted by Gasteiger charge is -2.09. The SMILES string of the molecule is Cc1cc(S(=O)(=O)Nc2c(Cl)cccc2Cl)sc1CO. The Labute approximate surface area is 131 Å². The molecule has 108 valence electrons. The Kier molecular flexibility index (Phi) is 4.61. The fourth-order valence-corrected chi connectivity index (χ4v) is 4.71. The molecule has 0 saturated carbocycles. The molecule has 1 heterocycles. The quantitative estimate of drug-likeness (QED) is 0.883. The maximum Gasteiger partial charge on any atom is 0.271 e. The van der Waals surface area contributed by atoms with E-state index in [1.165, 1.54) is 6.07 Å². The lowest BCUT2D eigenvalue weighted by Crippen LogP contribution is -2.12. The third-order valence-electron chi connectivity index (χ3n) is 2.61. The molecule has 0 amide bonds. The summed E-state index contributed by atoms with van der Waals surface area (Å²) in [6.07, 6.45) is 0. The van der Waals surface area contributed by atoms with Gasteiger partial charge in [-0.2, -0.15) is 0 Å². The molecule has 0 radical (unpaired) electrons. The molecule has 0 fully saturated rings. The molecule has 0 aliphatic carbocycles. The molecule has 0 saturated heterocycles. The van der Waals surface area contributed by atoms with Crippen LogP contribution in [-0.2, 0) is 16.6 Å². The number of benzene rings is 1. The standard InChI is InChI=1S/C12H11Cl2NO3S2/c1-7-5-11(19-10(7)6-16)20(17,18)15-12-8(13)3-2-4-9(12)14/h2-5,15-16H,6H2,1H3. The van der Waals surface area contributed by atoms with Crippen LogP contribution in [0.1, 0.15) is 10.4 Å². The number of hydrogen-bond acceptors (Lipinski definition) is 4. The van der Waals surface area contributed by atoms with Gasteiger partial charge in [-0.05, 0) is 30.7 Å². The normalized spacial score (nSPS) is 11.6. The van der Waals surface area contributed by atoms with Crippen molar-refractivity contribution >= 4 is 50.2 Å².